The summed E-state index contributed by atoms with van der Waals surface area (Å²) in [5.41, 5.74) is 0. The zero-order valence-corrected chi connectivity index (χ0v) is 23.5. The van der Waals surface area contributed by atoms with Crippen LogP contribution in [0.2, 0.25) is 0 Å². The van der Waals surface area contributed by atoms with E-state index in [1.54, 1.807) is 0 Å². The molecule has 0 rings (SSSR count). The van der Waals surface area contributed by atoms with E-state index >= 15 is 0 Å². The van der Waals surface area contributed by atoms with Gasteiger partial charge in [0.05, 0.1) is 0 Å². The molecule has 165 valence electrons. The van der Waals surface area contributed by atoms with Crippen molar-refractivity contribution in [3.05, 3.63) is 0 Å². The van der Waals surface area contributed by atoms with Gasteiger partial charge in [-0.3, -0.25) is 0 Å². The molecule has 0 heterocycles. The molecule has 0 spiro atoms. The summed E-state index contributed by atoms with van der Waals surface area (Å²) in [6, 6.07) is 0. The van der Waals surface area contributed by atoms with Crippen LogP contribution >= 0.6 is 36.0 Å². The van der Waals surface area contributed by atoms with Crippen LogP contribution in [-0.2, 0) is 13.1 Å². The number of hydrogen-bond acceptors (Lipinski definition) is 1. The maximum atomic E-state index is 4.67. The van der Waals surface area contributed by atoms with Crippen molar-refractivity contribution < 1.29 is 13.1 Å². The molecule has 0 bridgehead atoms. The summed E-state index contributed by atoms with van der Waals surface area (Å²) in [6.45, 7) is 31.4. The molecule has 0 atom stereocenters. The van der Waals surface area contributed by atoms with Crippen molar-refractivity contribution in [1.82, 2.24) is 5.32 Å². The van der Waals surface area contributed by atoms with Crippen LogP contribution in [0.1, 0.15) is 83.1 Å². The van der Waals surface area contributed by atoms with Crippen LogP contribution in [0.4, 0.5) is 0 Å². The summed E-state index contributed by atoms with van der Waals surface area (Å²) < 4.78 is 0. The second-order valence-corrected chi connectivity index (χ2v) is 20.3. The Morgan fingerprint density at radius 2 is 0.769 bits per heavy atom. The first-order valence-corrected chi connectivity index (χ1v) is 15.1. The van der Waals surface area contributed by atoms with Crippen LogP contribution < -0.4 is 5.32 Å². The van der Waals surface area contributed by atoms with Crippen LogP contribution in [0, 0.1) is 0 Å². The zero-order chi connectivity index (χ0) is 21.4. The van der Waals surface area contributed by atoms with Gasteiger partial charge in [-0.15, -0.1) is 0 Å². The normalized spacial score (nSPS) is 14.0. The third-order valence-electron chi connectivity index (χ3n) is 4.26. The Bertz CT molecular complexity index is 304. The fourth-order valence-electron chi connectivity index (χ4n) is 3.86. The molecule has 0 aliphatic rings. The van der Waals surface area contributed by atoms with E-state index in [0.717, 1.165) is 13.1 Å². The van der Waals surface area contributed by atoms with Gasteiger partial charge in [-0.2, -0.15) is 0 Å². The maximum absolute atomic E-state index is 4.67. The second-order valence-electron chi connectivity index (χ2n) is 10.8. The number of halogens is 2. The van der Waals surface area contributed by atoms with Gasteiger partial charge in [0.2, 0.25) is 0 Å². The van der Waals surface area contributed by atoms with Crippen LogP contribution in [-0.4, -0.2) is 46.0 Å². The average molecular weight is 496 g/mol. The summed E-state index contributed by atoms with van der Waals surface area (Å²) >= 11 is 0.757. The van der Waals surface area contributed by atoms with Gasteiger partial charge in [0, 0.05) is 0 Å². The molecule has 0 fully saturated rings. The first-order valence-electron chi connectivity index (χ1n) is 9.46. The molecular formula is C20H45Cl2CuNP2. The molecule has 0 saturated heterocycles. The van der Waals surface area contributed by atoms with Crippen LogP contribution in [0.3, 0.4) is 0 Å². The Hall–Kier alpha value is 1.92. The monoisotopic (exact) mass is 494 g/mol. The number of nitrogens with one attached hydrogen (secondary N) is 1. The molecular weight excluding hydrogens is 451 g/mol. The molecule has 26 heavy (non-hydrogen) atoms. The summed E-state index contributed by atoms with van der Waals surface area (Å²) in [4.78, 5) is 0. The minimum absolute atomic E-state index is 0.0229. The Morgan fingerprint density at radius 1 is 0.577 bits per heavy atom. The van der Waals surface area contributed by atoms with Gasteiger partial charge in [0.1, 0.15) is 0 Å². The Balaban J connectivity index is 0. The average Bonchev–Trinajstić information content (AvgIpc) is 2.31. The van der Waals surface area contributed by atoms with Gasteiger partial charge in [0.15, 0.2) is 0 Å². The molecule has 0 aliphatic carbocycles. The fraction of sp³-hybridized carbons (Fsp3) is 1.00. The Labute approximate surface area is 183 Å². The van der Waals surface area contributed by atoms with Crippen molar-refractivity contribution in [1.29, 1.82) is 0 Å². The molecule has 6 heteroatoms. The van der Waals surface area contributed by atoms with E-state index in [1.165, 1.54) is 25.4 Å². The first-order chi connectivity index (χ1) is 11.4. The topological polar surface area (TPSA) is 12.0 Å². The summed E-state index contributed by atoms with van der Waals surface area (Å²) in [6.07, 6.45) is 2.68. The Morgan fingerprint density at radius 3 is 0.923 bits per heavy atom. The third kappa shape index (κ3) is 14.0. The van der Waals surface area contributed by atoms with Crippen LogP contribution in [0.5, 0.6) is 0 Å². The van der Waals surface area contributed by atoms with Crippen LogP contribution in [0.15, 0.2) is 0 Å². The molecule has 1 N–H and O–H groups in total. The van der Waals surface area contributed by atoms with Crippen molar-refractivity contribution in [3.8, 4) is 0 Å². The van der Waals surface area contributed by atoms with E-state index in [2.05, 4.69) is 109 Å². The second kappa shape index (κ2) is 12.6. The van der Waals surface area contributed by atoms with Crippen molar-refractivity contribution in [2.75, 3.05) is 25.4 Å². The zero-order valence-electron chi connectivity index (χ0n) is 19.3. The quantitative estimate of drug-likeness (QED) is 0.223. The molecule has 0 unspecified atom stereocenters. The standard InChI is InChI=1S/C20H45NP2.2ClH.Cu/c1-17(2,3)22(18(4,5)6)15-13-21-14-16-23(19(7,8)9)20(10,11)12;;;/h21H,13-16H2,1-12H3;2*1H;/q;;;+2/p-2. The molecule has 0 aromatic carbocycles. The predicted octanol–water partition coefficient (Wildman–Crippen LogP) is 8.11. The molecule has 0 saturated carbocycles. The van der Waals surface area contributed by atoms with E-state index in [1.807, 2.05) is 0 Å². The molecule has 0 aliphatic heterocycles. The van der Waals surface area contributed by atoms with Gasteiger partial charge in [0.25, 0.3) is 0 Å². The minimum atomic E-state index is 0.0229. The van der Waals surface area contributed by atoms with Crippen molar-refractivity contribution in [2.45, 2.75) is 104 Å². The molecule has 0 aromatic rings. The van der Waals surface area contributed by atoms with Crippen LogP contribution in [0.25, 0.3) is 0 Å². The van der Waals surface area contributed by atoms with Crippen molar-refractivity contribution in [3.63, 3.8) is 0 Å². The van der Waals surface area contributed by atoms with Gasteiger partial charge in [-0.1, -0.05) is 98.9 Å². The van der Waals surface area contributed by atoms with E-state index in [4.69, 9.17) is 0 Å². The first kappa shape index (κ1) is 30.1. The summed E-state index contributed by atoms with van der Waals surface area (Å²) in [5, 5.41) is 5.54. The summed E-state index contributed by atoms with van der Waals surface area (Å²) in [5.74, 6) is 0. The molecule has 0 amide bonds. The van der Waals surface area contributed by atoms with E-state index in [0.29, 0.717) is 20.6 Å². The molecule has 0 aromatic heterocycles. The third-order valence-corrected chi connectivity index (χ3v) is 12.1. The van der Waals surface area contributed by atoms with Gasteiger partial charge >= 0.3 is 33.3 Å². The number of hydrogen-bond donors (Lipinski definition) is 1. The number of rotatable bonds is 6. The van der Waals surface area contributed by atoms with E-state index < -0.39 is 0 Å². The fourth-order valence-corrected chi connectivity index (χ4v) is 11.3. The summed E-state index contributed by atoms with van der Waals surface area (Å²) in [7, 11) is 9.39. The van der Waals surface area contributed by atoms with Gasteiger partial charge < -0.3 is 5.32 Å². The molecule has 0 radical (unpaired) electrons. The van der Waals surface area contributed by atoms with Gasteiger partial charge in [-0.05, 0) is 46.0 Å². The SMILES string of the molecule is CC(C)(C)P(CCNCCP(C(C)(C)C)C(C)(C)C)C(C)(C)C.[Cl][Cu][Cl]. The Kier molecular flexibility index (Phi) is 14.6. The van der Waals surface area contributed by atoms with E-state index in [9.17, 15) is 0 Å². The van der Waals surface area contributed by atoms with E-state index in [-0.39, 0.29) is 15.8 Å². The predicted molar refractivity (Wildman–Crippen MR) is 127 cm³/mol. The van der Waals surface area contributed by atoms with Gasteiger partial charge in [-0.25, -0.2) is 0 Å². The van der Waals surface area contributed by atoms with Crippen molar-refractivity contribution >= 4 is 36.0 Å². The van der Waals surface area contributed by atoms with Crippen molar-refractivity contribution in [2.24, 2.45) is 0 Å². The molecule has 1 nitrogen and oxygen atoms in total.